The normalized spacial score (nSPS) is 13.8. The van der Waals surface area contributed by atoms with Gasteiger partial charge in [-0.15, -0.1) is 21.5 Å². The van der Waals surface area contributed by atoms with Gasteiger partial charge in [0, 0.05) is 18.2 Å². The van der Waals surface area contributed by atoms with E-state index in [1.54, 1.807) is 11.3 Å². The van der Waals surface area contributed by atoms with Gasteiger partial charge in [-0.1, -0.05) is 17.8 Å². The number of rotatable bonds is 7. The summed E-state index contributed by atoms with van der Waals surface area (Å²) in [6.45, 7) is 2.80. The number of oxazole rings is 1. The maximum absolute atomic E-state index is 12.4. The second-order valence-corrected chi connectivity index (χ2v) is 8.76. The Morgan fingerprint density at radius 3 is 3.00 bits per heavy atom. The van der Waals surface area contributed by atoms with E-state index < -0.39 is 0 Å². The predicted octanol–water partition coefficient (Wildman–Crippen LogP) is 4.78. The van der Waals surface area contributed by atoms with Crippen LogP contribution in [-0.2, 0) is 11.3 Å². The lowest BCUT2D eigenvalue weighted by Crippen LogP contribution is -2.14. The lowest BCUT2D eigenvalue weighted by atomic mass is 10.3. The van der Waals surface area contributed by atoms with Gasteiger partial charge in [0.05, 0.1) is 10.6 Å². The summed E-state index contributed by atoms with van der Waals surface area (Å²) >= 11 is 3.01. The smallest absolute Gasteiger partial charge is 0.234 e. The van der Waals surface area contributed by atoms with Crippen LogP contribution in [0.5, 0.6) is 0 Å². The second kappa shape index (κ2) is 7.64. The molecule has 148 valence electrons. The summed E-state index contributed by atoms with van der Waals surface area (Å²) in [6, 6.07) is 9.58. The molecule has 0 spiro atoms. The molecule has 9 heteroatoms. The molecule has 0 radical (unpaired) electrons. The van der Waals surface area contributed by atoms with Crippen LogP contribution < -0.4 is 5.32 Å². The fraction of sp³-hybridized carbons (Fsp3) is 0.300. The van der Waals surface area contributed by atoms with E-state index in [0.29, 0.717) is 5.92 Å². The largest absolute Gasteiger partial charge is 0.440 e. The Hall–Kier alpha value is -2.65. The molecule has 1 saturated carbocycles. The molecular formula is C20H19N5O2S2. The molecule has 3 aromatic heterocycles. The predicted molar refractivity (Wildman–Crippen MR) is 114 cm³/mol. The molecule has 1 fully saturated rings. The topological polar surface area (TPSA) is 85.8 Å². The van der Waals surface area contributed by atoms with Crippen LogP contribution >= 0.6 is 23.1 Å². The number of anilines is 1. The van der Waals surface area contributed by atoms with Gasteiger partial charge < -0.3 is 14.3 Å². The maximum Gasteiger partial charge on any atom is 0.234 e. The molecule has 0 saturated heterocycles. The standard InChI is InChI=1S/C20H19N5O2S2/c1-2-25-18(16-4-3-9-28-16)23-24-20(25)29-11-17(26)21-13-7-8-15-14(10-13)22-19(27-15)12-5-6-12/h3-4,7-10,12H,2,5-6,11H2,1H3,(H,21,26). The van der Waals surface area contributed by atoms with E-state index in [-0.39, 0.29) is 11.7 Å². The summed E-state index contributed by atoms with van der Waals surface area (Å²) in [5, 5.41) is 14.3. The molecule has 7 nitrogen and oxygen atoms in total. The highest BCUT2D eigenvalue weighted by molar-refractivity contribution is 7.99. The van der Waals surface area contributed by atoms with Crippen LogP contribution in [0, 0.1) is 0 Å². The van der Waals surface area contributed by atoms with E-state index in [1.807, 2.05) is 47.2 Å². The Kier molecular flexibility index (Phi) is 4.84. The number of nitrogens with one attached hydrogen (secondary N) is 1. The van der Waals surface area contributed by atoms with Crippen LogP contribution in [0.2, 0.25) is 0 Å². The first kappa shape index (κ1) is 18.4. The van der Waals surface area contributed by atoms with E-state index in [1.165, 1.54) is 11.8 Å². The average Bonchev–Trinajstić information content (AvgIpc) is 3.13. The molecule has 3 heterocycles. The van der Waals surface area contributed by atoms with Gasteiger partial charge in [-0.2, -0.15) is 0 Å². The molecule has 1 aromatic carbocycles. The highest BCUT2D eigenvalue weighted by atomic mass is 32.2. The molecule has 1 N–H and O–H groups in total. The van der Waals surface area contributed by atoms with Crippen LogP contribution in [0.25, 0.3) is 21.8 Å². The summed E-state index contributed by atoms with van der Waals surface area (Å²) in [5.74, 6) is 2.27. The first-order valence-electron chi connectivity index (χ1n) is 9.51. The number of benzene rings is 1. The fourth-order valence-electron chi connectivity index (χ4n) is 3.12. The molecule has 4 aromatic rings. The van der Waals surface area contributed by atoms with Gasteiger partial charge in [0.2, 0.25) is 5.91 Å². The van der Waals surface area contributed by atoms with E-state index in [9.17, 15) is 4.79 Å². The second-order valence-electron chi connectivity index (χ2n) is 6.87. The van der Waals surface area contributed by atoms with Gasteiger partial charge in [0.1, 0.15) is 5.52 Å². The van der Waals surface area contributed by atoms with Crippen molar-refractivity contribution in [1.82, 2.24) is 19.7 Å². The van der Waals surface area contributed by atoms with Crippen molar-refractivity contribution in [3.63, 3.8) is 0 Å². The number of fused-ring (bicyclic) bond motifs is 1. The van der Waals surface area contributed by atoms with Gasteiger partial charge >= 0.3 is 0 Å². The third-order valence-corrected chi connectivity index (χ3v) is 6.55. The van der Waals surface area contributed by atoms with E-state index >= 15 is 0 Å². The van der Waals surface area contributed by atoms with Gasteiger partial charge in [-0.3, -0.25) is 4.79 Å². The lowest BCUT2D eigenvalue weighted by molar-refractivity contribution is -0.113. The monoisotopic (exact) mass is 425 g/mol. The molecular weight excluding hydrogens is 406 g/mol. The van der Waals surface area contributed by atoms with Crippen molar-refractivity contribution in [3.8, 4) is 10.7 Å². The molecule has 0 aliphatic heterocycles. The molecule has 5 rings (SSSR count). The first-order chi connectivity index (χ1) is 14.2. The Labute approximate surface area is 175 Å². The first-order valence-corrected chi connectivity index (χ1v) is 11.4. The zero-order valence-corrected chi connectivity index (χ0v) is 17.4. The number of carbonyl (C=O) groups excluding carboxylic acids is 1. The quantitative estimate of drug-likeness (QED) is 0.429. The number of aromatic nitrogens is 4. The van der Waals surface area contributed by atoms with Gasteiger partial charge in [0.25, 0.3) is 0 Å². The van der Waals surface area contributed by atoms with Gasteiger partial charge in [-0.05, 0) is 49.4 Å². The molecule has 0 unspecified atom stereocenters. The Morgan fingerprint density at radius 1 is 1.34 bits per heavy atom. The average molecular weight is 426 g/mol. The molecule has 1 aliphatic carbocycles. The van der Waals surface area contributed by atoms with Crippen LogP contribution in [0.1, 0.15) is 31.6 Å². The van der Waals surface area contributed by atoms with Crippen LogP contribution in [0.3, 0.4) is 0 Å². The van der Waals surface area contributed by atoms with E-state index in [4.69, 9.17) is 4.42 Å². The van der Waals surface area contributed by atoms with Crippen molar-refractivity contribution in [2.45, 2.75) is 37.4 Å². The van der Waals surface area contributed by atoms with E-state index in [2.05, 4.69) is 20.5 Å². The van der Waals surface area contributed by atoms with Crippen molar-refractivity contribution in [3.05, 3.63) is 41.6 Å². The summed E-state index contributed by atoms with van der Waals surface area (Å²) in [4.78, 5) is 18.1. The van der Waals surface area contributed by atoms with Crippen molar-refractivity contribution in [2.75, 3.05) is 11.1 Å². The highest BCUT2D eigenvalue weighted by Gasteiger charge is 2.28. The third-order valence-electron chi connectivity index (χ3n) is 4.72. The summed E-state index contributed by atoms with van der Waals surface area (Å²) in [5.41, 5.74) is 2.26. The number of thioether (sulfide) groups is 1. The van der Waals surface area contributed by atoms with E-state index in [0.717, 1.165) is 57.9 Å². The molecule has 0 atom stereocenters. The Morgan fingerprint density at radius 2 is 2.24 bits per heavy atom. The minimum atomic E-state index is -0.0939. The SMILES string of the molecule is CCn1c(SCC(=O)Nc2ccc3oc(C4CC4)nc3c2)nnc1-c1cccs1. The van der Waals surface area contributed by atoms with Crippen LogP contribution in [0.4, 0.5) is 5.69 Å². The zero-order valence-electron chi connectivity index (χ0n) is 15.8. The van der Waals surface area contributed by atoms with Gasteiger partial charge in [-0.25, -0.2) is 4.98 Å². The van der Waals surface area contributed by atoms with Gasteiger partial charge in [0.15, 0.2) is 22.5 Å². The summed E-state index contributed by atoms with van der Waals surface area (Å²) in [6.07, 6.45) is 2.29. The highest BCUT2D eigenvalue weighted by Crippen LogP contribution is 2.40. The molecule has 1 aliphatic rings. The van der Waals surface area contributed by atoms with Crippen molar-refractivity contribution < 1.29 is 9.21 Å². The number of thiophene rings is 1. The number of carbonyl (C=O) groups is 1. The molecule has 0 bridgehead atoms. The minimum Gasteiger partial charge on any atom is -0.440 e. The number of amides is 1. The Balaban J connectivity index is 1.25. The lowest BCUT2D eigenvalue weighted by Gasteiger charge is -2.07. The van der Waals surface area contributed by atoms with Crippen LogP contribution in [-0.4, -0.2) is 31.4 Å². The molecule has 29 heavy (non-hydrogen) atoms. The number of hydrogen-bond donors (Lipinski definition) is 1. The zero-order chi connectivity index (χ0) is 19.8. The summed E-state index contributed by atoms with van der Waals surface area (Å²) < 4.78 is 7.80. The van der Waals surface area contributed by atoms with Crippen molar-refractivity contribution in [1.29, 1.82) is 0 Å². The molecule has 1 amide bonds. The Bertz CT molecular complexity index is 1160. The van der Waals surface area contributed by atoms with Crippen LogP contribution in [0.15, 0.2) is 45.3 Å². The summed E-state index contributed by atoms with van der Waals surface area (Å²) in [7, 11) is 0. The fourth-order valence-corrected chi connectivity index (χ4v) is 4.64. The third kappa shape index (κ3) is 3.79. The van der Waals surface area contributed by atoms with Crippen molar-refractivity contribution >= 4 is 45.8 Å². The number of hydrogen-bond acceptors (Lipinski definition) is 7. The minimum absolute atomic E-state index is 0.0939. The van der Waals surface area contributed by atoms with Crippen molar-refractivity contribution in [2.24, 2.45) is 0 Å². The number of nitrogens with zero attached hydrogens (tertiary/aromatic N) is 4. The maximum atomic E-state index is 12.4.